The van der Waals surface area contributed by atoms with E-state index in [1.807, 2.05) is 0 Å². The average Bonchev–Trinajstić information content (AvgIpc) is 2.37. The minimum atomic E-state index is -1.43. The van der Waals surface area contributed by atoms with Crippen LogP contribution in [0.3, 0.4) is 0 Å². The molecule has 6 N–H and O–H groups in total. The van der Waals surface area contributed by atoms with E-state index in [2.05, 4.69) is 5.32 Å². The molecule has 0 fully saturated rings. The predicted octanol–water partition coefficient (Wildman–Crippen LogP) is -1.16. The highest BCUT2D eigenvalue weighted by atomic mass is 16.4. The molecule has 0 aliphatic rings. The summed E-state index contributed by atoms with van der Waals surface area (Å²) < 4.78 is 0. The van der Waals surface area contributed by atoms with Gasteiger partial charge < -0.3 is 21.9 Å². The molecule has 0 heterocycles. The molecule has 20 heavy (non-hydrogen) atoms. The highest BCUT2D eigenvalue weighted by Crippen LogP contribution is 2.05. The van der Waals surface area contributed by atoms with E-state index in [9.17, 15) is 19.2 Å². The quantitative estimate of drug-likeness (QED) is 0.517. The maximum absolute atomic E-state index is 11.8. The van der Waals surface area contributed by atoms with Crippen LogP contribution in [0.5, 0.6) is 0 Å². The molecular weight excluding hydrogens is 266 g/mol. The van der Waals surface area contributed by atoms with Crippen molar-refractivity contribution in [2.24, 2.45) is 11.5 Å². The molecule has 0 radical (unpaired) electrons. The van der Waals surface area contributed by atoms with Gasteiger partial charge in [-0.25, -0.2) is 4.79 Å². The Kier molecular flexibility index (Phi) is 4.79. The van der Waals surface area contributed by atoms with Crippen LogP contribution in [0.1, 0.15) is 27.1 Å². The maximum Gasteiger partial charge on any atom is 0.326 e. The van der Waals surface area contributed by atoms with Gasteiger partial charge in [0.25, 0.3) is 5.91 Å². The van der Waals surface area contributed by atoms with E-state index in [-0.39, 0.29) is 11.1 Å². The molecule has 8 nitrogen and oxygen atoms in total. The summed E-state index contributed by atoms with van der Waals surface area (Å²) in [5.74, 6) is -3.71. The Labute approximate surface area is 113 Å². The van der Waals surface area contributed by atoms with Crippen molar-refractivity contribution in [1.29, 1.82) is 0 Å². The lowest BCUT2D eigenvalue weighted by atomic mass is 10.1. The summed E-state index contributed by atoms with van der Waals surface area (Å²) in [7, 11) is 0. The van der Waals surface area contributed by atoms with Gasteiger partial charge >= 0.3 is 5.97 Å². The van der Waals surface area contributed by atoms with E-state index in [0.717, 1.165) is 0 Å². The zero-order valence-electron chi connectivity index (χ0n) is 10.3. The monoisotopic (exact) mass is 279 g/mol. The normalized spacial score (nSPS) is 11.4. The SMILES string of the molecule is NC(=O)C[C@H](NC(=O)c1cccc(C(N)=O)c1)C(=O)O. The van der Waals surface area contributed by atoms with Crippen LogP contribution in [0.15, 0.2) is 24.3 Å². The molecule has 0 saturated heterocycles. The molecule has 1 aromatic carbocycles. The van der Waals surface area contributed by atoms with E-state index >= 15 is 0 Å². The minimum Gasteiger partial charge on any atom is -0.480 e. The van der Waals surface area contributed by atoms with Crippen LogP contribution in [0.2, 0.25) is 0 Å². The smallest absolute Gasteiger partial charge is 0.326 e. The van der Waals surface area contributed by atoms with Crippen molar-refractivity contribution in [2.45, 2.75) is 12.5 Å². The number of hydrogen-bond acceptors (Lipinski definition) is 4. The second kappa shape index (κ2) is 6.32. The molecule has 1 atom stereocenters. The lowest BCUT2D eigenvalue weighted by molar-refractivity contribution is -0.140. The van der Waals surface area contributed by atoms with Gasteiger partial charge in [-0.05, 0) is 18.2 Å². The fourth-order valence-corrected chi connectivity index (χ4v) is 1.46. The fourth-order valence-electron chi connectivity index (χ4n) is 1.46. The van der Waals surface area contributed by atoms with Gasteiger partial charge in [-0.2, -0.15) is 0 Å². The number of hydrogen-bond donors (Lipinski definition) is 4. The van der Waals surface area contributed by atoms with Gasteiger partial charge in [-0.1, -0.05) is 6.07 Å². The molecule has 1 aromatic rings. The molecule has 3 amide bonds. The number of aliphatic carboxylic acids is 1. The summed E-state index contributed by atoms with van der Waals surface area (Å²) in [6.45, 7) is 0. The molecule has 106 valence electrons. The molecule has 0 unspecified atom stereocenters. The summed E-state index contributed by atoms with van der Waals surface area (Å²) in [5, 5.41) is 11.0. The number of nitrogens with one attached hydrogen (secondary N) is 1. The zero-order valence-corrected chi connectivity index (χ0v) is 10.3. The molecule has 0 bridgehead atoms. The molecular formula is C12H13N3O5. The van der Waals surface area contributed by atoms with Gasteiger partial charge in [-0.15, -0.1) is 0 Å². The Morgan fingerprint density at radius 1 is 1.15 bits per heavy atom. The number of rotatable bonds is 6. The Hall–Kier alpha value is -2.90. The largest absolute Gasteiger partial charge is 0.480 e. The number of nitrogens with two attached hydrogens (primary N) is 2. The van der Waals surface area contributed by atoms with Crippen LogP contribution in [-0.2, 0) is 9.59 Å². The molecule has 0 aromatic heterocycles. The Morgan fingerprint density at radius 3 is 2.25 bits per heavy atom. The van der Waals surface area contributed by atoms with E-state index in [4.69, 9.17) is 16.6 Å². The maximum atomic E-state index is 11.8. The van der Waals surface area contributed by atoms with Crippen LogP contribution in [0.4, 0.5) is 0 Å². The zero-order chi connectivity index (χ0) is 15.3. The summed E-state index contributed by atoms with van der Waals surface area (Å²) in [6, 6.07) is 4.01. The number of primary amides is 2. The first-order valence-corrected chi connectivity index (χ1v) is 5.53. The van der Waals surface area contributed by atoms with Crippen LogP contribution >= 0.6 is 0 Å². The van der Waals surface area contributed by atoms with Crippen LogP contribution in [-0.4, -0.2) is 34.8 Å². The number of carbonyl (C=O) groups excluding carboxylic acids is 3. The van der Waals surface area contributed by atoms with Gasteiger partial charge in [0.2, 0.25) is 11.8 Å². The van der Waals surface area contributed by atoms with Crippen LogP contribution in [0, 0.1) is 0 Å². The van der Waals surface area contributed by atoms with Gasteiger partial charge in [0.1, 0.15) is 6.04 Å². The van der Waals surface area contributed by atoms with Gasteiger partial charge in [-0.3, -0.25) is 14.4 Å². The summed E-state index contributed by atoms with van der Waals surface area (Å²) in [4.78, 5) is 44.4. The number of carbonyl (C=O) groups is 4. The third-order valence-electron chi connectivity index (χ3n) is 2.42. The number of carboxylic acids is 1. The second-order valence-corrected chi connectivity index (χ2v) is 3.98. The lowest BCUT2D eigenvalue weighted by Gasteiger charge is -2.13. The van der Waals surface area contributed by atoms with E-state index in [1.165, 1.54) is 24.3 Å². The molecule has 0 aliphatic heterocycles. The summed E-state index contributed by atoms with van der Waals surface area (Å²) >= 11 is 0. The highest BCUT2D eigenvalue weighted by Gasteiger charge is 2.22. The van der Waals surface area contributed by atoms with Crippen molar-refractivity contribution in [3.63, 3.8) is 0 Å². The summed E-state index contributed by atoms with van der Waals surface area (Å²) in [6.07, 6.45) is -0.531. The highest BCUT2D eigenvalue weighted by molar-refractivity contribution is 6.00. The topological polar surface area (TPSA) is 153 Å². The number of benzene rings is 1. The van der Waals surface area contributed by atoms with Gasteiger partial charge in [0.15, 0.2) is 0 Å². The van der Waals surface area contributed by atoms with Gasteiger partial charge in [0, 0.05) is 11.1 Å². The standard InChI is InChI=1S/C12H13N3O5/c13-9(16)5-8(12(19)20)15-11(18)7-3-1-2-6(4-7)10(14)17/h1-4,8H,5H2,(H2,13,16)(H2,14,17)(H,15,18)(H,19,20)/t8-/m0/s1. The molecule has 0 aliphatic carbocycles. The second-order valence-electron chi connectivity index (χ2n) is 3.98. The third kappa shape index (κ3) is 4.09. The minimum absolute atomic E-state index is 0.0528. The van der Waals surface area contributed by atoms with Gasteiger partial charge in [0.05, 0.1) is 6.42 Å². The van der Waals surface area contributed by atoms with E-state index in [0.29, 0.717) is 0 Å². The van der Waals surface area contributed by atoms with Crippen molar-refractivity contribution in [2.75, 3.05) is 0 Å². The predicted molar refractivity (Wildman–Crippen MR) is 67.7 cm³/mol. The number of amides is 3. The Balaban J connectivity index is 2.88. The number of carboxylic acid groups (broad SMARTS) is 1. The van der Waals surface area contributed by atoms with Crippen molar-refractivity contribution in [3.05, 3.63) is 35.4 Å². The third-order valence-corrected chi connectivity index (χ3v) is 2.42. The lowest BCUT2D eigenvalue weighted by Crippen LogP contribution is -2.43. The molecule has 1 rings (SSSR count). The van der Waals surface area contributed by atoms with E-state index < -0.39 is 36.2 Å². The van der Waals surface area contributed by atoms with Crippen molar-refractivity contribution >= 4 is 23.7 Å². The molecule has 0 saturated carbocycles. The Morgan fingerprint density at radius 2 is 1.75 bits per heavy atom. The Bertz CT molecular complexity index is 570. The average molecular weight is 279 g/mol. The first-order valence-electron chi connectivity index (χ1n) is 5.53. The fraction of sp³-hybridized carbons (Fsp3) is 0.167. The van der Waals surface area contributed by atoms with Crippen molar-refractivity contribution in [1.82, 2.24) is 5.32 Å². The molecule has 0 spiro atoms. The summed E-state index contributed by atoms with van der Waals surface area (Å²) in [5.41, 5.74) is 10.1. The molecule has 8 heteroatoms. The first kappa shape index (κ1) is 15.2. The van der Waals surface area contributed by atoms with Crippen LogP contribution < -0.4 is 16.8 Å². The van der Waals surface area contributed by atoms with E-state index in [1.54, 1.807) is 0 Å². The first-order chi connectivity index (χ1) is 9.31. The van der Waals surface area contributed by atoms with Crippen molar-refractivity contribution in [3.8, 4) is 0 Å². The van der Waals surface area contributed by atoms with Crippen molar-refractivity contribution < 1.29 is 24.3 Å². The van der Waals surface area contributed by atoms with Crippen LogP contribution in [0.25, 0.3) is 0 Å².